The topological polar surface area (TPSA) is 3.24 Å². The van der Waals surface area contributed by atoms with E-state index in [1.807, 2.05) is 0 Å². The van der Waals surface area contributed by atoms with Gasteiger partial charge in [0.15, 0.2) is 0 Å². The predicted octanol–water partition coefficient (Wildman–Crippen LogP) is 3.93. The molecule has 0 atom stereocenters. The lowest BCUT2D eigenvalue weighted by Gasteiger charge is -2.40. The van der Waals surface area contributed by atoms with E-state index < -0.39 is 0 Å². The van der Waals surface area contributed by atoms with Crippen LogP contribution in [0.25, 0.3) is 0 Å². The number of nitrogens with zero attached hydrogens (tertiary/aromatic N) is 1. The Bertz CT molecular complexity index is 195. The van der Waals surface area contributed by atoms with Gasteiger partial charge in [-0.1, -0.05) is 19.8 Å². The molecule has 2 fully saturated rings. The van der Waals surface area contributed by atoms with Crippen LogP contribution in [0, 0.1) is 17.8 Å². The summed E-state index contributed by atoms with van der Waals surface area (Å²) in [7, 11) is 0. The summed E-state index contributed by atoms with van der Waals surface area (Å²) in [5.74, 6) is 3.14. The molecule has 0 amide bonds. The molecule has 1 nitrogen and oxygen atoms in total. The molecule has 1 heteroatoms. The molecule has 1 saturated heterocycles. The summed E-state index contributed by atoms with van der Waals surface area (Å²) in [4.78, 5) is 2.65. The molecule has 94 valence electrons. The highest BCUT2D eigenvalue weighted by Gasteiger charge is 2.29. The molecule has 1 aliphatic heterocycles. The van der Waals surface area contributed by atoms with Crippen molar-refractivity contribution in [2.75, 3.05) is 13.1 Å². The largest absolute Gasteiger partial charge is 0.301 e. The Balaban J connectivity index is 1.76. The highest BCUT2D eigenvalue weighted by atomic mass is 15.1. The second-order valence-electron chi connectivity index (χ2n) is 6.49. The van der Waals surface area contributed by atoms with Crippen molar-refractivity contribution in [3.63, 3.8) is 0 Å². The molecule has 0 N–H and O–H groups in total. The minimum absolute atomic E-state index is 0.757. The van der Waals surface area contributed by atoms with E-state index in [-0.39, 0.29) is 0 Å². The first-order valence-corrected chi connectivity index (χ1v) is 7.41. The molecule has 0 radical (unpaired) electrons. The number of rotatable bonds is 2. The number of hydrogen-bond acceptors (Lipinski definition) is 1. The summed E-state index contributed by atoms with van der Waals surface area (Å²) < 4.78 is 0. The Morgan fingerprint density at radius 3 is 1.81 bits per heavy atom. The molecule has 0 aromatic carbocycles. The quantitative estimate of drug-likeness (QED) is 0.685. The highest BCUT2D eigenvalue weighted by molar-refractivity contribution is 4.82. The maximum atomic E-state index is 2.65. The van der Waals surface area contributed by atoms with E-state index in [4.69, 9.17) is 0 Å². The fourth-order valence-corrected chi connectivity index (χ4v) is 3.66. The Morgan fingerprint density at radius 1 is 0.812 bits per heavy atom. The van der Waals surface area contributed by atoms with Gasteiger partial charge in [0.25, 0.3) is 0 Å². The third kappa shape index (κ3) is 3.00. The van der Waals surface area contributed by atoms with Gasteiger partial charge in [-0.15, -0.1) is 0 Å². The monoisotopic (exact) mass is 223 g/mol. The molecule has 0 aromatic rings. The predicted molar refractivity (Wildman–Crippen MR) is 70.6 cm³/mol. The van der Waals surface area contributed by atoms with Gasteiger partial charge in [-0.05, 0) is 70.4 Å². The van der Waals surface area contributed by atoms with Crippen molar-refractivity contribution < 1.29 is 0 Å². The highest BCUT2D eigenvalue weighted by Crippen LogP contribution is 2.37. The molecule has 0 aromatic heterocycles. The van der Waals surface area contributed by atoms with Crippen molar-refractivity contribution in [2.24, 2.45) is 17.8 Å². The van der Waals surface area contributed by atoms with Crippen molar-refractivity contribution in [1.82, 2.24) is 4.90 Å². The number of hydrogen-bond donors (Lipinski definition) is 0. The lowest BCUT2D eigenvalue weighted by molar-refractivity contribution is 0.0992. The van der Waals surface area contributed by atoms with Crippen molar-refractivity contribution in [3.05, 3.63) is 0 Å². The molecular weight excluding hydrogens is 194 g/mol. The van der Waals surface area contributed by atoms with E-state index in [1.165, 1.54) is 51.6 Å². The Morgan fingerprint density at radius 2 is 1.31 bits per heavy atom. The molecule has 2 aliphatic rings. The first-order valence-electron chi connectivity index (χ1n) is 7.41. The molecule has 1 heterocycles. The summed E-state index contributed by atoms with van der Waals surface area (Å²) >= 11 is 0. The van der Waals surface area contributed by atoms with Crippen LogP contribution in [-0.2, 0) is 0 Å². The maximum absolute atomic E-state index is 2.65. The van der Waals surface area contributed by atoms with Crippen LogP contribution in [-0.4, -0.2) is 24.0 Å². The van der Waals surface area contributed by atoms with Gasteiger partial charge >= 0.3 is 0 Å². The van der Waals surface area contributed by atoms with Gasteiger partial charge in [0.05, 0.1) is 0 Å². The van der Waals surface area contributed by atoms with Gasteiger partial charge in [-0.25, -0.2) is 0 Å². The summed E-state index contributed by atoms with van der Waals surface area (Å²) in [6.45, 7) is 9.81. The van der Waals surface area contributed by atoms with E-state index >= 15 is 0 Å². The molecule has 1 aliphatic carbocycles. The third-order valence-electron chi connectivity index (χ3n) is 5.03. The van der Waals surface area contributed by atoms with Crippen molar-refractivity contribution >= 4 is 0 Å². The summed E-state index contributed by atoms with van der Waals surface area (Å²) in [5.41, 5.74) is 0. The van der Waals surface area contributed by atoms with Crippen LogP contribution in [0.3, 0.4) is 0 Å². The van der Waals surface area contributed by atoms with Crippen LogP contribution in [0.4, 0.5) is 0 Å². The van der Waals surface area contributed by atoms with E-state index in [1.54, 1.807) is 0 Å². The second kappa shape index (κ2) is 5.53. The van der Waals surface area contributed by atoms with Gasteiger partial charge in [-0.2, -0.15) is 0 Å². The zero-order chi connectivity index (χ0) is 11.5. The summed E-state index contributed by atoms with van der Waals surface area (Å²) in [6.07, 6.45) is 8.97. The zero-order valence-corrected chi connectivity index (χ0v) is 11.4. The fraction of sp³-hybridized carbons (Fsp3) is 1.00. The molecule has 1 saturated carbocycles. The van der Waals surface area contributed by atoms with Gasteiger partial charge in [-0.3, -0.25) is 0 Å². The average Bonchev–Trinajstić information content (AvgIpc) is 2.30. The lowest BCUT2D eigenvalue weighted by atomic mass is 9.73. The van der Waals surface area contributed by atoms with E-state index in [0.29, 0.717) is 0 Å². The molecule has 0 spiro atoms. The van der Waals surface area contributed by atoms with E-state index in [2.05, 4.69) is 25.7 Å². The Hall–Kier alpha value is -0.0400. The van der Waals surface area contributed by atoms with Crippen LogP contribution in [0.2, 0.25) is 0 Å². The molecule has 2 rings (SSSR count). The van der Waals surface area contributed by atoms with Gasteiger partial charge in [0.2, 0.25) is 0 Å². The summed E-state index contributed by atoms with van der Waals surface area (Å²) in [6, 6.07) is 0.757. The number of piperidine rings is 1. The van der Waals surface area contributed by atoms with Gasteiger partial charge in [0.1, 0.15) is 0 Å². The second-order valence-corrected chi connectivity index (χ2v) is 6.49. The SMILES string of the molecule is CC1CCC(C2CCN(C(C)C)CC2)CC1. The normalized spacial score (nSPS) is 34.5. The fourth-order valence-electron chi connectivity index (χ4n) is 3.66. The number of likely N-dealkylation sites (tertiary alicyclic amines) is 1. The standard InChI is InChI=1S/C15H29N/c1-12(2)16-10-8-15(9-11-16)14-6-4-13(3)5-7-14/h12-15H,4-11H2,1-3H3. The van der Waals surface area contributed by atoms with Crippen molar-refractivity contribution in [2.45, 2.75) is 65.3 Å². The Labute approximate surface area is 102 Å². The smallest absolute Gasteiger partial charge is 0.00385 e. The third-order valence-corrected chi connectivity index (χ3v) is 5.03. The van der Waals surface area contributed by atoms with E-state index in [9.17, 15) is 0 Å². The maximum Gasteiger partial charge on any atom is 0.00385 e. The minimum Gasteiger partial charge on any atom is -0.301 e. The first-order chi connectivity index (χ1) is 7.66. The van der Waals surface area contributed by atoms with Gasteiger partial charge in [0, 0.05) is 6.04 Å². The average molecular weight is 223 g/mol. The van der Waals surface area contributed by atoms with Crippen molar-refractivity contribution in [1.29, 1.82) is 0 Å². The van der Waals surface area contributed by atoms with Crippen LogP contribution in [0.5, 0.6) is 0 Å². The molecule has 0 unspecified atom stereocenters. The lowest BCUT2D eigenvalue weighted by Crippen LogP contribution is -2.40. The van der Waals surface area contributed by atoms with Gasteiger partial charge < -0.3 is 4.90 Å². The van der Waals surface area contributed by atoms with Crippen molar-refractivity contribution in [3.8, 4) is 0 Å². The molecule has 16 heavy (non-hydrogen) atoms. The van der Waals surface area contributed by atoms with Crippen LogP contribution in [0.15, 0.2) is 0 Å². The Kier molecular flexibility index (Phi) is 4.29. The molecular formula is C15H29N. The van der Waals surface area contributed by atoms with E-state index in [0.717, 1.165) is 23.8 Å². The first kappa shape index (κ1) is 12.4. The van der Waals surface area contributed by atoms with Crippen LogP contribution >= 0.6 is 0 Å². The van der Waals surface area contributed by atoms with Crippen LogP contribution in [0.1, 0.15) is 59.3 Å². The molecule has 0 bridgehead atoms. The zero-order valence-electron chi connectivity index (χ0n) is 11.4. The van der Waals surface area contributed by atoms with Crippen LogP contribution < -0.4 is 0 Å². The minimum atomic E-state index is 0.757. The summed E-state index contributed by atoms with van der Waals surface area (Å²) in [5, 5.41) is 0.